The molecule has 0 saturated carbocycles. The van der Waals surface area contributed by atoms with E-state index in [4.69, 9.17) is 10.8 Å². The number of benzene rings is 1. The first kappa shape index (κ1) is 12.4. The Hall–Kier alpha value is -0.720. The van der Waals surface area contributed by atoms with Crippen molar-refractivity contribution in [3.8, 4) is 5.75 Å². The van der Waals surface area contributed by atoms with Gasteiger partial charge in [-0.05, 0) is 28.4 Å². The van der Waals surface area contributed by atoms with E-state index >= 15 is 0 Å². The first-order valence-corrected chi connectivity index (χ1v) is 5.01. The quantitative estimate of drug-likeness (QED) is 0.741. The average Bonchev–Trinajstić information content (AvgIpc) is 2.16. The molecule has 84 valence electrons. The maximum atomic E-state index is 13.3. The van der Waals surface area contributed by atoms with Crippen LogP contribution in [-0.2, 0) is 0 Å². The topological polar surface area (TPSA) is 66.5 Å². The van der Waals surface area contributed by atoms with Crippen LogP contribution >= 0.6 is 15.9 Å². The molecule has 0 unspecified atom stereocenters. The molecular weight excluding hydrogens is 272 g/mol. The highest BCUT2D eigenvalue weighted by Crippen LogP contribution is 2.35. The van der Waals surface area contributed by atoms with Gasteiger partial charge in [0, 0.05) is 12.6 Å². The Labute approximate surface area is 93.7 Å². The lowest BCUT2D eigenvalue weighted by Crippen LogP contribution is -2.15. The molecule has 0 amide bonds. The molecule has 4 N–H and O–H groups in total. The molecule has 0 radical (unpaired) electrons. The summed E-state index contributed by atoms with van der Waals surface area (Å²) < 4.78 is 26.3. The molecule has 3 nitrogen and oxygen atoms in total. The van der Waals surface area contributed by atoms with Crippen molar-refractivity contribution in [1.29, 1.82) is 0 Å². The van der Waals surface area contributed by atoms with E-state index < -0.39 is 23.4 Å². The van der Waals surface area contributed by atoms with Crippen molar-refractivity contribution >= 4 is 15.9 Å². The summed E-state index contributed by atoms with van der Waals surface area (Å²) in [6.07, 6.45) is 0.0420. The molecular formula is C9H10BrF2NO2. The van der Waals surface area contributed by atoms with Gasteiger partial charge in [0.1, 0.15) is 5.75 Å². The van der Waals surface area contributed by atoms with E-state index in [2.05, 4.69) is 15.9 Å². The highest BCUT2D eigenvalue weighted by Gasteiger charge is 2.21. The van der Waals surface area contributed by atoms with Crippen LogP contribution in [0.15, 0.2) is 10.5 Å². The van der Waals surface area contributed by atoms with Crippen molar-refractivity contribution in [2.45, 2.75) is 12.5 Å². The van der Waals surface area contributed by atoms with Gasteiger partial charge in [-0.1, -0.05) is 0 Å². The molecule has 0 aliphatic heterocycles. The summed E-state index contributed by atoms with van der Waals surface area (Å²) in [6, 6.07) is -0.123. The molecule has 1 atom stereocenters. The number of phenols is 1. The van der Waals surface area contributed by atoms with Gasteiger partial charge in [0.25, 0.3) is 0 Å². The number of phenolic OH excluding ortho intramolecular Hbond substituents is 1. The highest BCUT2D eigenvalue weighted by atomic mass is 79.9. The van der Waals surface area contributed by atoms with E-state index in [9.17, 15) is 13.9 Å². The number of aliphatic hydroxyl groups is 1. The fourth-order valence-electron chi connectivity index (χ4n) is 1.23. The van der Waals surface area contributed by atoms with Crippen molar-refractivity contribution in [2.24, 2.45) is 5.73 Å². The van der Waals surface area contributed by atoms with Crippen LogP contribution < -0.4 is 5.73 Å². The first-order valence-electron chi connectivity index (χ1n) is 4.21. The van der Waals surface area contributed by atoms with Gasteiger partial charge in [0.2, 0.25) is 0 Å². The molecule has 0 bridgehead atoms. The van der Waals surface area contributed by atoms with Gasteiger partial charge in [-0.25, -0.2) is 8.78 Å². The molecule has 1 aromatic carbocycles. The lowest BCUT2D eigenvalue weighted by molar-refractivity contribution is 0.273. The minimum atomic E-state index is -1.18. The summed E-state index contributed by atoms with van der Waals surface area (Å²) in [5.74, 6) is -2.71. The van der Waals surface area contributed by atoms with Crippen LogP contribution in [0.3, 0.4) is 0 Å². The lowest BCUT2D eigenvalue weighted by atomic mass is 10.0. The minimum Gasteiger partial charge on any atom is -0.506 e. The molecule has 0 aliphatic carbocycles. The smallest absolute Gasteiger partial charge is 0.167 e. The summed E-state index contributed by atoms with van der Waals surface area (Å²) in [7, 11) is 0. The third-order valence-corrected chi connectivity index (χ3v) is 2.60. The number of aliphatic hydroxyl groups excluding tert-OH is 1. The van der Waals surface area contributed by atoms with Crippen molar-refractivity contribution in [3.05, 3.63) is 27.7 Å². The summed E-state index contributed by atoms with van der Waals surface area (Å²) in [5, 5.41) is 18.1. The normalized spacial score (nSPS) is 12.9. The zero-order valence-corrected chi connectivity index (χ0v) is 9.26. The fraction of sp³-hybridized carbons (Fsp3) is 0.333. The second-order valence-corrected chi connectivity index (χ2v) is 3.89. The van der Waals surface area contributed by atoms with Crippen LogP contribution in [0.4, 0.5) is 8.78 Å². The lowest BCUT2D eigenvalue weighted by Gasteiger charge is -2.14. The molecule has 1 aromatic rings. The van der Waals surface area contributed by atoms with Crippen molar-refractivity contribution in [1.82, 2.24) is 0 Å². The second kappa shape index (κ2) is 4.87. The minimum absolute atomic E-state index is 0.0322. The number of rotatable bonds is 3. The van der Waals surface area contributed by atoms with Gasteiger partial charge in [-0.2, -0.15) is 0 Å². The largest absolute Gasteiger partial charge is 0.506 e. The van der Waals surface area contributed by atoms with Crippen molar-refractivity contribution in [2.75, 3.05) is 6.61 Å². The van der Waals surface area contributed by atoms with Gasteiger partial charge in [0.05, 0.1) is 10.0 Å². The predicted molar refractivity (Wildman–Crippen MR) is 54.4 cm³/mol. The average molecular weight is 282 g/mol. The SMILES string of the molecule is N[C@H](CCO)c1c(O)c(Br)cc(F)c1F. The van der Waals surface area contributed by atoms with Crippen LogP contribution in [0.1, 0.15) is 18.0 Å². The Bertz CT molecular complexity index is 347. The molecule has 0 aliphatic rings. The predicted octanol–water partition coefficient (Wildman–Crippen LogP) is 1.82. The summed E-state index contributed by atoms with van der Waals surface area (Å²) >= 11 is 2.88. The van der Waals surface area contributed by atoms with Crippen LogP contribution in [-0.4, -0.2) is 16.8 Å². The molecule has 0 fully saturated rings. The number of hydrogen-bond acceptors (Lipinski definition) is 3. The van der Waals surface area contributed by atoms with Crippen molar-refractivity contribution < 1.29 is 19.0 Å². The molecule has 0 aromatic heterocycles. The summed E-state index contributed by atoms with van der Waals surface area (Å²) in [6.45, 7) is -0.270. The third kappa shape index (κ3) is 2.45. The Kier molecular flexibility index (Phi) is 4.01. The third-order valence-electron chi connectivity index (χ3n) is 1.99. The molecule has 1 rings (SSSR count). The Morgan fingerprint density at radius 2 is 2.07 bits per heavy atom. The van der Waals surface area contributed by atoms with Gasteiger partial charge in [0.15, 0.2) is 11.6 Å². The molecule has 0 saturated heterocycles. The van der Waals surface area contributed by atoms with E-state index in [1.807, 2.05) is 0 Å². The molecule has 6 heteroatoms. The standard InChI is InChI=1S/C9H10BrF2NO2/c10-4-3-5(11)8(12)7(9(4)15)6(13)1-2-14/h3,6,14-15H,1-2,13H2/t6-/m1/s1. The number of aromatic hydroxyl groups is 1. The van der Waals surface area contributed by atoms with Crippen LogP contribution in [0.25, 0.3) is 0 Å². The Morgan fingerprint density at radius 1 is 1.47 bits per heavy atom. The Balaban J connectivity index is 3.26. The van der Waals surface area contributed by atoms with Crippen molar-refractivity contribution in [3.63, 3.8) is 0 Å². The maximum Gasteiger partial charge on any atom is 0.167 e. The number of halogens is 3. The van der Waals surface area contributed by atoms with Gasteiger partial charge in [-0.15, -0.1) is 0 Å². The van der Waals surface area contributed by atoms with Crippen LogP contribution in [0.2, 0.25) is 0 Å². The zero-order valence-electron chi connectivity index (χ0n) is 7.67. The molecule has 0 heterocycles. The number of hydrogen-bond donors (Lipinski definition) is 3. The zero-order chi connectivity index (χ0) is 11.6. The van der Waals surface area contributed by atoms with Gasteiger partial charge in [-0.3, -0.25) is 0 Å². The first-order chi connectivity index (χ1) is 6.99. The van der Waals surface area contributed by atoms with E-state index in [1.54, 1.807) is 0 Å². The van der Waals surface area contributed by atoms with Gasteiger partial charge >= 0.3 is 0 Å². The van der Waals surface area contributed by atoms with E-state index in [-0.39, 0.29) is 23.1 Å². The van der Waals surface area contributed by atoms with E-state index in [0.29, 0.717) is 0 Å². The van der Waals surface area contributed by atoms with Crippen LogP contribution in [0, 0.1) is 11.6 Å². The number of nitrogens with two attached hydrogens (primary N) is 1. The monoisotopic (exact) mass is 281 g/mol. The summed E-state index contributed by atoms with van der Waals surface area (Å²) in [5.41, 5.74) is 5.17. The fourth-order valence-corrected chi connectivity index (χ4v) is 1.64. The molecule has 0 spiro atoms. The second-order valence-electron chi connectivity index (χ2n) is 3.04. The van der Waals surface area contributed by atoms with E-state index in [1.165, 1.54) is 0 Å². The highest BCUT2D eigenvalue weighted by molar-refractivity contribution is 9.10. The van der Waals surface area contributed by atoms with Gasteiger partial charge < -0.3 is 15.9 Å². The van der Waals surface area contributed by atoms with E-state index in [0.717, 1.165) is 6.07 Å². The molecule has 15 heavy (non-hydrogen) atoms. The van der Waals surface area contributed by atoms with Crippen LogP contribution in [0.5, 0.6) is 5.75 Å². The summed E-state index contributed by atoms with van der Waals surface area (Å²) in [4.78, 5) is 0. The maximum absolute atomic E-state index is 13.3. The Morgan fingerprint density at radius 3 is 2.60 bits per heavy atom.